The highest BCUT2D eigenvalue weighted by atomic mass is 16.3. The Morgan fingerprint density at radius 1 is 0.818 bits per heavy atom. The quantitative estimate of drug-likeness (QED) is 0.690. The average Bonchev–Trinajstić information content (AvgIpc) is 2.47. The van der Waals surface area contributed by atoms with E-state index in [1.807, 2.05) is 48.5 Å². The molecule has 0 radical (unpaired) electrons. The zero-order valence-corrected chi connectivity index (χ0v) is 14.9. The van der Waals surface area contributed by atoms with Crippen LogP contribution in [0.2, 0.25) is 0 Å². The van der Waals surface area contributed by atoms with Gasteiger partial charge in [-0.15, -0.1) is 0 Å². The molecular formula is C18H28N2O2. The summed E-state index contributed by atoms with van der Waals surface area (Å²) in [4.78, 5) is 13.9. The normalized spacial score (nSPS) is 18.0. The summed E-state index contributed by atoms with van der Waals surface area (Å²) >= 11 is 0. The summed E-state index contributed by atoms with van der Waals surface area (Å²) in [6.45, 7) is 15.8. The van der Waals surface area contributed by atoms with Crippen LogP contribution in [0.1, 0.15) is 50.1 Å². The first-order chi connectivity index (χ1) is 10.1. The summed E-state index contributed by atoms with van der Waals surface area (Å²) in [6, 6.07) is 0. The molecule has 0 aliphatic carbocycles. The van der Waals surface area contributed by atoms with Gasteiger partial charge in [-0.2, -0.15) is 0 Å². The van der Waals surface area contributed by atoms with E-state index < -0.39 is 6.23 Å². The molecule has 0 saturated heterocycles. The lowest BCUT2D eigenvalue weighted by Crippen LogP contribution is -2.32. The molecule has 1 atom stereocenters. The minimum atomic E-state index is -0.487. The summed E-state index contributed by atoms with van der Waals surface area (Å²) in [7, 11) is 0. The Balaban J connectivity index is 0.000000220. The van der Waals surface area contributed by atoms with Gasteiger partial charge in [0.1, 0.15) is 6.23 Å². The fraction of sp³-hybridized carbons (Fsp3) is 0.500. The second kappa shape index (κ2) is 6.97. The average molecular weight is 304 g/mol. The van der Waals surface area contributed by atoms with Gasteiger partial charge in [-0.3, -0.25) is 4.79 Å². The lowest BCUT2D eigenvalue weighted by atomic mass is 9.98. The summed E-state index contributed by atoms with van der Waals surface area (Å²) in [5.74, 6) is 0. The number of aryl methyl sites for hydroxylation is 1. The maximum Gasteiger partial charge on any atom is 0.251 e. The predicted octanol–water partition coefficient (Wildman–Crippen LogP) is 3.15. The van der Waals surface area contributed by atoms with Crippen LogP contribution in [0.3, 0.4) is 0 Å². The van der Waals surface area contributed by atoms with Gasteiger partial charge in [-0.05, 0) is 83.2 Å². The smallest absolute Gasteiger partial charge is 0.251 e. The molecule has 0 aromatic carbocycles. The molecule has 1 aliphatic rings. The van der Waals surface area contributed by atoms with Gasteiger partial charge in [0.15, 0.2) is 0 Å². The van der Waals surface area contributed by atoms with Gasteiger partial charge in [0, 0.05) is 17.0 Å². The second-order valence-corrected chi connectivity index (χ2v) is 6.06. The van der Waals surface area contributed by atoms with Crippen LogP contribution in [0.15, 0.2) is 27.2 Å². The molecule has 1 aromatic rings. The van der Waals surface area contributed by atoms with Crippen molar-refractivity contribution in [2.75, 3.05) is 0 Å². The standard InChI is InChI=1S/C9H15NO.C9H13NO/c2*1-5-6(2)8(4)10-9(11)7(5)3/h9-11H,1-4H3;1-4H3,(H,10,11). The highest BCUT2D eigenvalue weighted by molar-refractivity contribution is 5.39. The number of hydrogen-bond acceptors (Lipinski definition) is 3. The molecule has 0 bridgehead atoms. The van der Waals surface area contributed by atoms with E-state index in [0.29, 0.717) is 0 Å². The van der Waals surface area contributed by atoms with E-state index in [4.69, 9.17) is 0 Å². The number of aromatic amines is 1. The number of hydrogen-bond donors (Lipinski definition) is 3. The van der Waals surface area contributed by atoms with Crippen molar-refractivity contribution in [1.82, 2.24) is 10.3 Å². The van der Waals surface area contributed by atoms with E-state index in [0.717, 1.165) is 28.1 Å². The Labute approximate surface area is 133 Å². The summed E-state index contributed by atoms with van der Waals surface area (Å²) in [6.07, 6.45) is -0.487. The number of H-pyrrole nitrogens is 1. The van der Waals surface area contributed by atoms with Crippen LogP contribution < -0.4 is 10.9 Å². The van der Waals surface area contributed by atoms with Gasteiger partial charge in [0.2, 0.25) is 0 Å². The number of aliphatic hydroxyl groups is 1. The zero-order valence-electron chi connectivity index (χ0n) is 14.9. The molecule has 0 saturated carbocycles. The maximum atomic E-state index is 11.2. The Hall–Kier alpha value is -1.81. The molecular weight excluding hydrogens is 276 g/mol. The molecule has 1 aromatic heterocycles. The molecule has 122 valence electrons. The Bertz CT molecular complexity index is 694. The number of aliphatic hydroxyl groups excluding tert-OH is 1. The van der Waals surface area contributed by atoms with Crippen molar-refractivity contribution in [3.05, 3.63) is 55.2 Å². The number of allylic oxidation sites excluding steroid dienone is 3. The molecule has 0 spiro atoms. The molecule has 0 fully saturated rings. The SMILES string of the molecule is CC1=C(C)C(C)=C(C)C(O)N1.Cc1[nH]c(=O)c(C)c(C)c1C. The first-order valence-electron chi connectivity index (χ1n) is 7.54. The van der Waals surface area contributed by atoms with Gasteiger partial charge in [-0.1, -0.05) is 0 Å². The Morgan fingerprint density at radius 2 is 1.36 bits per heavy atom. The number of nitrogens with one attached hydrogen (secondary N) is 2. The second-order valence-electron chi connectivity index (χ2n) is 6.06. The fourth-order valence-electron chi connectivity index (χ4n) is 2.29. The van der Waals surface area contributed by atoms with E-state index in [2.05, 4.69) is 17.2 Å². The van der Waals surface area contributed by atoms with Crippen LogP contribution in [-0.2, 0) is 0 Å². The number of rotatable bonds is 0. The third kappa shape index (κ3) is 3.69. The molecule has 1 aliphatic heterocycles. The highest BCUT2D eigenvalue weighted by Crippen LogP contribution is 2.22. The summed E-state index contributed by atoms with van der Waals surface area (Å²) < 4.78 is 0. The minimum Gasteiger partial charge on any atom is -0.370 e. The van der Waals surface area contributed by atoms with Gasteiger partial charge in [-0.25, -0.2) is 0 Å². The Kier molecular flexibility index (Phi) is 5.78. The van der Waals surface area contributed by atoms with E-state index in [-0.39, 0.29) is 5.56 Å². The van der Waals surface area contributed by atoms with Crippen LogP contribution >= 0.6 is 0 Å². The van der Waals surface area contributed by atoms with Crippen molar-refractivity contribution in [3.63, 3.8) is 0 Å². The first-order valence-corrected chi connectivity index (χ1v) is 7.54. The van der Waals surface area contributed by atoms with E-state index in [9.17, 15) is 9.90 Å². The number of dihydropyridines is 1. The van der Waals surface area contributed by atoms with Crippen LogP contribution in [0.25, 0.3) is 0 Å². The lowest BCUT2D eigenvalue weighted by Gasteiger charge is -2.25. The van der Waals surface area contributed by atoms with Crippen molar-refractivity contribution >= 4 is 0 Å². The molecule has 22 heavy (non-hydrogen) atoms. The molecule has 1 unspecified atom stereocenters. The first kappa shape index (κ1) is 18.2. The fourth-order valence-corrected chi connectivity index (χ4v) is 2.29. The van der Waals surface area contributed by atoms with E-state index in [1.165, 1.54) is 16.7 Å². The van der Waals surface area contributed by atoms with Crippen LogP contribution in [0, 0.1) is 27.7 Å². The molecule has 2 rings (SSSR count). The van der Waals surface area contributed by atoms with Crippen molar-refractivity contribution < 1.29 is 5.11 Å². The highest BCUT2D eigenvalue weighted by Gasteiger charge is 2.16. The topological polar surface area (TPSA) is 65.1 Å². The van der Waals surface area contributed by atoms with Crippen LogP contribution in [-0.4, -0.2) is 16.3 Å². The van der Waals surface area contributed by atoms with E-state index >= 15 is 0 Å². The summed E-state index contributed by atoms with van der Waals surface area (Å²) in [5, 5.41) is 12.4. The lowest BCUT2D eigenvalue weighted by molar-refractivity contribution is 0.181. The number of aromatic nitrogens is 1. The van der Waals surface area contributed by atoms with Gasteiger partial charge in [0.05, 0.1) is 0 Å². The van der Waals surface area contributed by atoms with Gasteiger partial charge >= 0.3 is 0 Å². The molecule has 2 heterocycles. The molecule has 0 amide bonds. The minimum absolute atomic E-state index is 0.0330. The Morgan fingerprint density at radius 3 is 1.91 bits per heavy atom. The zero-order chi connectivity index (χ0) is 17.2. The van der Waals surface area contributed by atoms with Crippen molar-refractivity contribution in [1.29, 1.82) is 0 Å². The van der Waals surface area contributed by atoms with Crippen molar-refractivity contribution in [2.45, 2.75) is 61.6 Å². The molecule has 3 N–H and O–H groups in total. The summed E-state index contributed by atoms with van der Waals surface area (Å²) in [5.41, 5.74) is 8.65. The largest absolute Gasteiger partial charge is 0.370 e. The third-order valence-electron chi connectivity index (χ3n) is 4.81. The number of pyridine rings is 1. The third-order valence-corrected chi connectivity index (χ3v) is 4.81. The van der Waals surface area contributed by atoms with Gasteiger partial charge < -0.3 is 15.4 Å². The van der Waals surface area contributed by atoms with Crippen molar-refractivity contribution in [2.24, 2.45) is 0 Å². The van der Waals surface area contributed by atoms with E-state index in [1.54, 1.807) is 0 Å². The van der Waals surface area contributed by atoms with Crippen LogP contribution in [0.4, 0.5) is 0 Å². The van der Waals surface area contributed by atoms with Crippen molar-refractivity contribution in [3.8, 4) is 0 Å². The molecule has 4 heteroatoms. The predicted molar refractivity (Wildman–Crippen MR) is 91.9 cm³/mol. The van der Waals surface area contributed by atoms with Gasteiger partial charge in [0.25, 0.3) is 5.56 Å². The maximum absolute atomic E-state index is 11.2. The molecule has 4 nitrogen and oxygen atoms in total. The monoisotopic (exact) mass is 304 g/mol. The van der Waals surface area contributed by atoms with Crippen LogP contribution in [0.5, 0.6) is 0 Å².